The number of piperidine rings is 1. The van der Waals surface area contributed by atoms with Crippen LogP contribution in [0.25, 0.3) is 0 Å². The highest BCUT2D eigenvalue weighted by Crippen LogP contribution is 2.21. The third-order valence-corrected chi connectivity index (χ3v) is 4.55. The molecule has 1 saturated heterocycles. The number of ether oxygens (including phenoxy) is 1. The van der Waals surface area contributed by atoms with Crippen LogP contribution in [0.3, 0.4) is 0 Å². The molecule has 130 valence electrons. The molecule has 0 aromatic heterocycles. The number of nitrogens with two attached hydrogens (primary N) is 1. The minimum absolute atomic E-state index is 0. The van der Waals surface area contributed by atoms with Crippen LogP contribution in [-0.4, -0.2) is 36.5 Å². The van der Waals surface area contributed by atoms with Gasteiger partial charge in [-0.3, -0.25) is 4.79 Å². The van der Waals surface area contributed by atoms with Gasteiger partial charge in [0.05, 0.1) is 13.0 Å². The summed E-state index contributed by atoms with van der Waals surface area (Å²) in [6.45, 7) is 8.22. The van der Waals surface area contributed by atoms with Crippen LogP contribution in [0.2, 0.25) is 0 Å². The van der Waals surface area contributed by atoms with Crippen molar-refractivity contribution in [2.75, 3.05) is 19.7 Å². The number of amides is 1. The zero-order chi connectivity index (χ0) is 16.1. The first-order valence-corrected chi connectivity index (χ1v) is 8.21. The highest BCUT2D eigenvalue weighted by Gasteiger charge is 2.24. The Balaban J connectivity index is 0.00000264. The van der Waals surface area contributed by atoms with Gasteiger partial charge in [0.2, 0.25) is 5.91 Å². The standard InChI is InChI=1S/C18H28N2O2.ClH/c1-13-4-5-14(2)17(12-13)22-11-8-18(21)20-9-6-16(7-10-20)15(3)19;/h4-5,12,15-16H,6-11,19H2,1-3H3;1H. The quantitative estimate of drug-likeness (QED) is 0.896. The van der Waals surface area contributed by atoms with Crippen LogP contribution < -0.4 is 10.5 Å². The van der Waals surface area contributed by atoms with Crippen molar-refractivity contribution in [2.24, 2.45) is 11.7 Å². The van der Waals surface area contributed by atoms with E-state index in [4.69, 9.17) is 10.5 Å². The van der Waals surface area contributed by atoms with E-state index < -0.39 is 0 Å². The van der Waals surface area contributed by atoms with E-state index in [1.165, 1.54) is 5.56 Å². The fourth-order valence-electron chi connectivity index (χ4n) is 2.94. The number of hydrogen-bond donors (Lipinski definition) is 1. The molecule has 1 atom stereocenters. The van der Waals surface area contributed by atoms with Crippen LogP contribution in [0, 0.1) is 19.8 Å². The van der Waals surface area contributed by atoms with Crippen molar-refractivity contribution in [2.45, 2.75) is 46.1 Å². The number of nitrogens with zero attached hydrogens (tertiary/aromatic N) is 1. The Labute approximate surface area is 145 Å². The number of aryl methyl sites for hydroxylation is 2. The Morgan fingerprint density at radius 3 is 2.61 bits per heavy atom. The summed E-state index contributed by atoms with van der Waals surface area (Å²) < 4.78 is 5.77. The predicted molar refractivity (Wildman–Crippen MR) is 96.2 cm³/mol. The number of hydrogen-bond acceptors (Lipinski definition) is 3. The Morgan fingerprint density at radius 1 is 1.35 bits per heavy atom. The Morgan fingerprint density at radius 2 is 2.00 bits per heavy atom. The van der Waals surface area contributed by atoms with E-state index in [9.17, 15) is 4.79 Å². The van der Waals surface area contributed by atoms with Crippen molar-refractivity contribution in [3.8, 4) is 5.75 Å². The number of halogens is 1. The molecule has 0 saturated carbocycles. The maximum atomic E-state index is 12.2. The molecule has 0 aliphatic carbocycles. The van der Waals surface area contributed by atoms with Gasteiger partial charge in [-0.2, -0.15) is 0 Å². The molecule has 0 spiro atoms. The molecule has 2 rings (SSSR count). The molecule has 1 unspecified atom stereocenters. The molecular weight excluding hydrogens is 312 g/mol. The molecule has 2 N–H and O–H groups in total. The van der Waals surface area contributed by atoms with Crippen molar-refractivity contribution in [3.63, 3.8) is 0 Å². The van der Waals surface area contributed by atoms with Crippen LogP contribution in [0.1, 0.15) is 37.3 Å². The third-order valence-electron chi connectivity index (χ3n) is 4.55. The van der Waals surface area contributed by atoms with E-state index in [1.807, 2.05) is 30.9 Å². The first-order valence-electron chi connectivity index (χ1n) is 8.21. The summed E-state index contributed by atoms with van der Waals surface area (Å²) in [5, 5.41) is 0. The molecule has 1 aromatic carbocycles. The Hall–Kier alpha value is -1.26. The monoisotopic (exact) mass is 340 g/mol. The molecule has 1 heterocycles. The Bertz CT molecular complexity index is 512. The minimum Gasteiger partial charge on any atom is -0.493 e. The average Bonchev–Trinajstić information content (AvgIpc) is 2.50. The van der Waals surface area contributed by atoms with Gasteiger partial charge in [-0.1, -0.05) is 12.1 Å². The SMILES string of the molecule is Cc1ccc(C)c(OCCC(=O)N2CCC(C(C)N)CC2)c1.Cl. The predicted octanol–water partition coefficient (Wildman–Crippen LogP) is 3.08. The molecule has 0 bridgehead atoms. The number of likely N-dealkylation sites (tertiary alicyclic amines) is 1. The summed E-state index contributed by atoms with van der Waals surface area (Å²) in [6.07, 6.45) is 2.47. The summed E-state index contributed by atoms with van der Waals surface area (Å²) in [6, 6.07) is 6.36. The van der Waals surface area contributed by atoms with Crippen molar-refractivity contribution < 1.29 is 9.53 Å². The van der Waals surface area contributed by atoms with Crippen LogP contribution in [-0.2, 0) is 4.79 Å². The average molecular weight is 341 g/mol. The third kappa shape index (κ3) is 5.70. The van der Waals surface area contributed by atoms with E-state index in [-0.39, 0.29) is 24.4 Å². The van der Waals surface area contributed by atoms with Crippen molar-refractivity contribution in [1.29, 1.82) is 0 Å². The van der Waals surface area contributed by atoms with Crippen molar-refractivity contribution >= 4 is 18.3 Å². The number of carbonyl (C=O) groups excluding carboxylic acids is 1. The molecular formula is C18H29ClN2O2. The van der Waals surface area contributed by atoms with Gasteiger partial charge in [0.1, 0.15) is 5.75 Å². The summed E-state index contributed by atoms with van der Waals surface area (Å²) in [7, 11) is 0. The molecule has 1 amide bonds. The van der Waals surface area contributed by atoms with Crippen LogP contribution in [0.15, 0.2) is 18.2 Å². The normalized spacial score (nSPS) is 16.6. The lowest BCUT2D eigenvalue weighted by atomic mass is 9.91. The van der Waals surface area contributed by atoms with Gasteiger partial charge < -0.3 is 15.4 Å². The van der Waals surface area contributed by atoms with Gasteiger partial charge in [-0.15, -0.1) is 12.4 Å². The first kappa shape index (κ1) is 19.8. The van der Waals surface area contributed by atoms with Crippen molar-refractivity contribution in [1.82, 2.24) is 4.90 Å². The number of carbonyl (C=O) groups is 1. The van der Waals surface area contributed by atoms with Crippen molar-refractivity contribution in [3.05, 3.63) is 29.3 Å². The lowest BCUT2D eigenvalue weighted by molar-refractivity contribution is -0.133. The topological polar surface area (TPSA) is 55.6 Å². The summed E-state index contributed by atoms with van der Waals surface area (Å²) in [5.74, 6) is 1.62. The van der Waals surface area contributed by atoms with Gasteiger partial charge in [-0.05, 0) is 56.7 Å². The molecule has 4 nitrogen and oxygen atoms in total. The molecule has 1 aliphatic heterocycles. The van der Waals surface area contributed by atoms with Gasteiger partial charge in [0.25, 0.3) is 0 Å². The second-order valence-corrected chi connectivity index (χ2v) is 6.44. The molecule has 1 fully saturated rings. The molecule has 1 aliphatic rings. The van der Waals surface area contributed by atoms with Gasteiger partial charge >= 0.3 is 0 Å². The Kier molecular flexibility index (Phi) is 7.86. The van der Waals surface area contributed by atoms with Gasteiger partial charge in [-0.25, -0.2) is 0 Å². The maximum Gasteiger partial charge on any atom is 0.225 e. The van der Waals surface area contributed by atoms with E-state index in [1.54, 1.807) is 0 Å². The van der Waals surface area contributed by atoms with E-state index in [0.717, 1.165) is 37.2 Å². The molecule has 0 radical (unpaired) electrons. The van der Waals surface area contributed by atoms with Crippen LogP contribution in [0.5, 0.6) is 5.75 Å². The maximum absolute atomic E-state index is 12.2. The molecule has 5 heteroatoms. The number of rotatable bonds is 5. The highest BCUT2D eigenvalue weighted by molar-refractivity contribution is 5.85. The summed E-state index contributed by atoms with van der Waals surface area (Å²) in [4.78, 5) is 14.2. The first-order chi connectivity index (χ1) is 10.5. The van der Waals surface area contributed by atoms with E-state index >= 15 is 0 Å². The van der Waals surface area contributed by atoms with Crippen LogP contribution >= 0.6 is 12.4 Å². The largest absolute Gasteiger partial charge is 0.493 e. The van der Waals surface area contributed by atoms with Gasteiger partial charge in [0.15, 0.2) is 0 Å². The van der Waals surface area contributed by atoms with Crippen LogP contribution in [0.4, 0.5) is 0 Å². The second kappa shape index (κ2) is 9.14. The lowest BCUT2D eigenvalue weighted by Gasteiger charge is -2.33. The molecule has 23 heavy (non-hydrogen) atoms. The van der Waals surface area contributed by atoms with Gasteiger partial charge in [0, 0.05) is 19.1 Å². The lowest BCUT2D eigenvalue weighted by Crippen LogP contribution is -2.42. The van der Waals surface area contributed by atoms with E-state index in [0.29, 0.717) is 18.9 Å². The number of benzene rings is 1. The second-order valence-electron chi connectivity index (χ2n) is 6.44. The smallest absolute Gasteiger partial charge is 0.225 e. The zero-order valence-corrected chi connectivity index (χ0v) is 15.2. The molecule has 1 aromatic rings. The fourth-order valence-corrected chi connectivity index (χ4v) is 2.94. The zero-order valence-electron chi connectivity index (χ0n) is 14.4. The summed E-state index contributed by atoms with van der Waals surface area (Å²) in [5.41, 5.74) is 8.21. The van der Waals surface area contributed by atoms with E-state index in [2.05, 4.69) is 13.0 Å². The highest BCUT2D eigenvalue weighted by atomic mass is 35.5. The summed E-state index contributed by atoms with van der Waals surface area (Å²) >= 11 is 0. The fraction of sp³-hybridized carbons (Fsp3) is 0.611. The minimum atomic E-state index is 0.